The number of ether oxygens (including phenoxy) is 1. The van der Waals surface area contributed by atoms with Gasteiger partial charge in [-0.15, -0.1) is 0 Å². The fourth-order valence-electron chi connectivity index (χ4n) is 4.44. The molecule has 1 aliphatic rings. The van der Waals surface area contributed by atoms with Gasteiger partial charge in [0.15, 0.2) is 0 Å². The summed E-state index contributed by atoms with van der Waals surface area (Å²) in [5.74, 6) is -0.225. The summed E-state index contributed by atoms with van der Waals surface area (Å²) in [4.78, 5) is 30.3. The van der Waals surface area contributed by atoms with Gasteiger partial charge in [-0.05, 0) is 74.4 Å². The van der Waals surface area contributed by atoms with E-state index < -0.39 is 12.0 Å². The van der Waals surface area contributed by atoms with Gasteiger partial charge < -0.3 is 19.9 Å². The van der Waals surface area contributed by atoms with E-state index in [0.717, 1.165) is 31.6 Å². The number of carbonyl (C=O) groups excluding carboxylic acids is 2. The number of halogens is 1. The molecule has 0 saturated carbocycles. The summed E-state index contributed by atoms with van der Waals surface area (Å²) >= 11 is 0. The smallest absolute Gasteiger partial charge is 0.227 e. The van der Waals surface area contributed by atoms with Crippen LogP contribution in [0.3, 0.4) is 0 Å². The van der Waals surface area contributed by atoms with Crippen molar-refractivity contribution in [2.75, 3.05) is 38.2 Å². The molecule has 2 aromatic carbocycles. The molecule has 1 N–H and O–H groups in total. The first kappa shape index (κ1) is 24.7. The zero-order valence-electron chi connectivity index (χ0n) is 19.7. The molecule has 0 radical (unpaired) electrons. The van der Waals surface area contributed by atoms with E-state index in [0.29, 0.717) is 24.4 Å². The number of piperidine rings is 1. The molecule has 1 aliphatic heterocycles. The molecule has 6 nitrogen and oxygen atoms in total. The van der Waals surface area contributed by atoms with E-state index in [2.05, 4.69) is 24.1 Å². The maximum Gasteiger partial charge on any atom is 0.227 e. The summed E-state index contributed by atoms with van der Waals surface area (Å²) in [7, 11) is 1.59. The van der Waals surface area contributed by atoms with Gasteiger partial charge in [0.05, 0.1) is 19.1 Å². The average molecular weight is 456 g/mol. The third kappa shape index (κ3) is 6.11. The predicted molar refractivity (Wildman–Crippen MR) is 128 cm³/mol. The van der Waals surface area contributed by atoms with Crippen molar-refractivity contribution in [3.63, 3.8) is 0 Å². The largest absolute Gasteiger partial charge is 0.497 e. The average Bonchev–Trinajstić information content (AvgIpc) is 2.84. The lowest BCUT2D eigenvalue weighted by molar-refractivity contribution is -0.129. The Bertz CT molecular complexity index is 913. The Balaban J connectivity index is 1.84. The highest BCUT2D eigenvalue weighted by molar-refractivity contribution is 5.97. The minimum absolute atomic E-state index is 0.0555. The van der Waals surface area contributed by atoms with Gasteiger partial charge in [0.25, 0.3) is 0 Å². The molecule has 7 heteroatoms. The van der Waals surface area contributed by atoms with Crippen LogP contribution >= 0.6 is 0 Å². The molecule has 178 valence electrons. The molecule has 1 saturated heterocycles. The molecule has 2 amide bonds. The van der Waals surface area contributed by atoms with Gasteiger partial charge in [0, 0.05) is 18.7 Å². The van der Waals surface area contributed by atoms with Crippen molar-refractivity contribution < 1.29 is 18.7 Å². The highest BCUT2D eigenvalue weighted by Crippen LogP contribution is 2.40. The van der Waals surface area contributed by atoms with Crippen LogP contribution in [-0.2, 0) is 9.59 Å². The number of hydrogen-bond donors (Lipinski definition) is 1. The molecular weight excluding hydrogens is 421 g/mol. The number of hydrogen-bond acceptors (Lipinski definition) is 4. The van der Waals surface area contributed by atoms with Crippen LogP contribution in [0.5, 0.6) is 5.75 Å². The standard InChI is InChI=1S/C26H34FN3O3/c1-4-29(5-2)18-6-17-28-26(32)23-15-16-24(31)30(21-11-13-22(33-3)14-12-21)25(23)19-7-9-20(27)10-8-19/h7-14,23,25H,4-6,15-18H2,1-3H3,(H,28,32)/t23-,25-/m0/s1. The van der Waals surface area contributed by atoms with Gasteiger partial charge in [-0.1, -0.05) is 26.0 Å². The Hall–Kier alpha value is -2.93. The third-order valence-electron chi connectivity index (χ3n) is 6.34. The summed E-state index contributed by atoms with van der Waals surface area (Å²) in [6.45, 7) is 7.73. The minimum atomic E-state index is -0.511. The molecule has 1 heterocycles. The number of rotatable bonds is 10. The summed E-state index contributed by atoms with van der Waals surface area (Å²) in [6, 6.07) is 12.8. The number of amides is 2. The monoisotopic (exact) mass is 455 g/mol. The number of benzene rings is 2. The van der Waals surface area contributed by atoms with Gasteiger partial charge >= 0.3 is 0 Å². The Morgan fingerprint density at radius 2 is 1.79 bits per heavy atom. The van der Waals surface area contributed by atoms with E-state index in [-0.39, 0.29) is 24.1 Å². The molecule has 0 aromatic heterocycles. The summed E-state index contributed by atoms with van der Waals surface area (Å²) in [5, 5.41) is 3.07. The van der Waals surface area contributed by atoms with Crippen molar-refractivity contribution in [3.8, 4) is 5.75 Å². The lowest BCUT2D eigenvalue weighted by Gasteiger charge is -2.41. The Labute approximate surface area is 195 Å². The quantitative estimate of drug-likeness (QED) is 0.547. The van der Waals surface area contributed by atoms with Gasteiger partial charge in [0.1, 0.15) is 11.6 Å². The number of nitrogens with one attached hydrogen (secondary N) is 1. The van der Waals surface area contributed by atoms with Gasteiger partial charge in [-0.2, -0.15) is 0 Å². The van der Waals surface area contributed by atoms with Crippen LogP contribution in [0.4, 0.5) is 10.1 Å². The second-order valence-corrected chi connectivity index (χ2v) is 8.27. The van der Waals surface area contributed by atoms with Crippen LogP contribution in [0, 0.1) is 11.7 Å². The van der Waals surface area contributed by atoms with Crippen molar-refractivity contribution in [3.05, 3.63) is 59.9 Å². The molecule has 1 fully saturated rings. The maximum absolute atomic E-state index is 13.6. The predicted octanol–water partition coefficient (Wildman–Crippen LogP) is 4.17. The normalized spacial score (nSPS) is 18.5. The second-order valence-electron chi connectivity index (χ2n) is 8.27. The number of carbonyl (C=O) groups is 2. The van der Waals surface area contributed by atoms with Crippen molar-refractivity contribution in [2.24, 2.45) is 5.92 Å². The van der Waals surface area contributed by atoms with Crippen LogP contribution in [-0.4, -0.2) is 50.0 Å². The van der Waals surface area contributed by atoms with Crippen LogP contribution in [0.15, 0.2) is 48.5 Å². The highest BCUT2D eigenvalue weighted by Gasteiger charge is 2.41. The van der Waals surface area contributed by atoms with E-state index in [9.17, 15) is 14.0 Å². The second kappa shape index (κ2) is 11.8. The molecule has 2 aromatic rings. The number of nitrogens with zero attached hydrogens (tertiary/aromatic N) is 2. The van der Waals surface area contributed by atoms with Crippen LogP contribution in [0.2, 0.25) is 0 Å². The molecular formula is C26H34FN3O3. The molecule has 0 unspecified atom stereocenters. The van der Waals surface area contributed by atoms with Crippen molar-refractivity contribution in [2.45, 2.75) is 39.2 Å². The van der Waals surface area contributed by atoms with E-state index >= 15 is 0 Å². The van der Waals surface area contributed by atoms with Crippen LogP contribution < -0.4 is 15.0 Å². The number of anilines is 1. The lowest BCUT2D eigenvalue weighted by Crippen LogP contribution is -2.48. The molecule has 0 bridgehead atoms. The first-order valence-corrected chi connectivity index (χ1v) is 11.7. The van der Waals surface area contributed by atoms with E-state index in [1.54, 1.807) is 36.3 Å². The van der Waals surface area contributed by atoms with Gasteiger partial charge in [-0.3, -0.25) is 9.59 Å². The number of methoxy groups -OCH3 is 1. The van der Waals surface area contributed by atoms with E-state index in [1.807, 2.05) is 12.1 Å². The summed E-state index contributed by atoms with van der Waals surface area (Å²) in [5.41, 5.74) is 1.43. The zero-order valence-corrected chi connectivity index (χ0v) is 19.7. The van der Waals surface area contributed by atoms with Gasteiger partial charge in [0.2, 0.25) is 11.8 Å². The topological polar surface area (TPSA) is 61.9 Å². The molecule has 0 aliphatic carbocycles. The lowest BCUT2D eigenvalue weighted by atomic mass is 9.83. The Morgan fingerprint density at radius 3 is 2.39 bits per heavy atom. The molecule has 3 rings (SSSR count). The van der Waals surface area contributed by atoms with Crippen molar-refractivity contribution in [1.82, 2.24) is 10.2 Å². The molecule has 33 heavy (non-hydrogen) atoms. The zero-order chi connectivity index (χ0) is 23.8. The van der Waals surface area contributed by atoms with E-state index in [1.165, 1.54) is 12.1 Å². The Kier molecular flexibility index (Phi) is 8.83. The minimum Gasteiger partial charge on any atom is -0.497 e. The third-order valence-corrected chi connectivity index (χ3v) is 6.34. The summed E-state index contributed by atoms with van der Waals surface area (Å²) < 4.78 is 18.9. The van der Waals surface area contributed by atoms with Gasteiger partial charge in [-0.25, -0.2) is 4.39 Å². The summed E-state index contributed by atoms with van der Waals surface area (Å²) in [6.07, 6.45) is 1.60. The fraction of sp³-hybridized carbons (Fsp3) is 0.462. The Morgan fingerprint density at radius 1 is 1.12 bits per heavy atom. The molecule has 0 spiro atoms. The highest BCUT2D eigenvalue weighted by atomic mass is 19.1. The molecule has 2 atom stereocenters. The maximum atomic E-state index is 13.6. The van der Waals surface area contributed by atoms with Crippen molar-refractivity contribution in [1.29, 1.82) is 0 Å². The van der Waals surface area contributed by atoms with E-state index in [4.69, 9.17) is 4.74 Å². The first-order valence-electron chi connectivity index (χ1n) is 11.7. The first-order chi connectivity index (χ1) is 16.0. The fourth-order valence-corrected chi connectivity index (χ4v) is 4.44. The van der Waals surface area contributed by atoms with Crippen LogP contribution in [0.25, 0.3) is 0 Å². The van der Waals surface area contributed by atoms with Crippen molar-refractivity contribution >= 4 is 17.5 Å². The SMILES string of the molecule is CCN(CC)CCCNC(=O)[C@H]1CCC(=O)N(c2ccc(OC)cc2)[C@H]1c1ccc(F)cc1. The van der Waals surface area contributed by atoms with Crippen LogP contribution in [0.1, 0.15) is 44.7 Å².